The van der Waals surface area contributed by atoms with Gasteiger partial charge in [0.05, 0.1) is 32.3 Å². The van der Waals surface area contributed by atoms with E-state index in [2.05, 4.69) is 32.3 Å². The van der Waals surface area contributed by atoms with Gasteiger partial charge < -0.3 is 0 Å². The van der Waals surface area contributed by atoms with Crippen LogP contribution in [0.5, 0.6) is 0 Å². The third kappa shape index (κ3) is 5.21. The first-order valence-corrected chi connectivity index (χ1v) is 5.95. The van der Waals surface area contributed by atoms with E-state index in [0.717, 1.165) is 25.9 Å². The Hall–Kier alpha value is 0.250. The predicted molar refractivity (Wildman–Crippen MR) is 70.1 cm³/mol. The molecule has 0 aliphatic carbocycles. The summed E-state index contributed by atoms with van der Waals surface area (Å²) in [4.78, 5) is 20.9. The molecule has 0 saturated carbocycles. The van der Waals surface area contributed by atoms with Crippen molar-refractivity contribution in [2.24, 2.45) is 0 Å². The zero-order valence-electron chi connectivity index (χ0n) is 8.21. The standard InChI is InChI=1S/2C4H6BrNO.H2S/c2*5-6-3-1-2-4(6)7;/h2*1-3H2;1H2. The third-order valence-corrected chi connectivity index (χ3v) is 3.53. The highest BCUT2D eigenvalue weighted by Crippen LogP contribution is 2.13. The van der Waals surface area contributed by atoms with Gasteiger partial charge >= 0.3 is 0 Å². The Morgan fingerprint density at radius 1 is 0.867 bits per heavy atom. The molecule has 2 heterocycles. The zero-order chi connectivity index (χ0) is 10.6. The van der Waals surface area contributed by atoms with Gasteiger partial charge in [0.2, 0.25) is 11.8 Å². The lowest BCUT2D eigenvalue weighted by atomic mass is 10.4. The summed E-state index contributed by atoms with van der Waals surface area (Å²) in [6.45, 7) is 1.75. The molecule has 0 unspecified atom stereocenters. The molecule has 0 radical (unpaired) electrons. The molecule has 88 valence electrons. The van der Waals surface area contributed by atoms with Crippen molar-refractivity contribution in [1.29, 1.82) is 0 Å². The Kier molecular flexibility index (Phi) is 7.64. The summed E-state index contributed by atoms with van der Waals surface area (Å²) in [6.07, 6.45) is 3.44. The van der Waals surface area contributed by atoms with Gasteiger partial charge in [0, 0.05) is 25.9 Å². The van der Waals surface area contributed by atoms with Gasteiger partial charge in [0.1, 0.15) is 0 Å². The Labute approximate surface area is 113 Å². The first-order valence-electron chi connectivity index (χ1n) is 4.53. The van der Waals surface area contributed by atoms with Crippen molar-refractivity contribution in [1.82, 2.24) is 7.85 Å². The molecule has 2 aliphatic heterocycles. The van der Waals surface area contributed by atoms with E-state index in [9.17, 15) is 9.59 Å². The van der Waals surface area contributed by atoms with E-state index in [1.165, 1.54) is 0 Å². The highest BCUT2D eigenvalue weighted by Gasteiger charge is 2.16. The van der Waals surface area contributed by atoms with Crippen molar-refractivity contribution >= 4 is 57.6 Å². The minimum Gasteiger partial charge on any atom is -0.279 e. The minimum absolute atomic E-state index is 0. The molecule has 0 spiro atoms. The maximum absolute atomic E-state index is 10.5. The van der Waals surface area contributed by atoms with Gasteiger partial charge in [0.15, 0.2) is 0 Å². The molecule has 2 saturated heterocycles. The molecule has 0 aromatic carbocycles. The van der Waals surface area contributed by atoms with Crippen LogP contribution in [0.4, 0.5) is 0 Å². The maximum Gasteiger partial charge on any atom is 0.232 e. The van der Waals surface area contributed by atoms with Crippen LogP contribution in [0.3, 0.4) is 0 Å². The molecular formula is C8H14Br2N2O2S. The normalized spacial score (nSPS) is 19.9. The van der Waals surface area contributed by atoms with Gasteiger partial charge in [-0.15, -0.1) is 0 Å². The number of rotatable bonds is 0. The molecule has 4 nitrogen and oxygen atoms in total. The van der Waals surface area contributed by atoms with Crippen LogP contribution >= 0.6 is 45.8 Å². The second-order valence-electron chi connectivity index (χ2n) is 3.17. The van der Waals surface area contributed by atoms with Crippen LogP contribution in [0.1, 0.15) is 25.7 Å². The van der Waals surface area contributed by atoms with Crippen molar-refractivity contribution in [3.8, 4) is 0 Å². The molecule has 7 heteroatoms. The topological polar surface area (TPSA) is 40.6 Å². The van der Waals surface area contributed by atoms with E-state index in [1.807, 2.05) is 0 Å². The average molecular weight is 362 g/mol. The van der Waals surface area contributed by atoms with Crippen molar-refractivity contribution in [2.75, 3.05) is 13.1 Å². The number of carbonyl (C=O) groups excluding carboxylic acids is 2. The maximum atomic E-state index is 10.5. The highest BCUT2D eigenvalue weighted by molar-refractivity contribution is 9.08. The van der Waals surface area contributed by atoms with Gasteiger partial charge in [-0.3, -0.25) is 17.4 Å². The van der Waals surface area contributed by atoms with Crippen LogP contribution in [0.25, 0.3) is 0 Å². The van der Waals surface area contributed by atoms with Crippen LogP contribution in [0.15, 0.2) is 0 Å². The highest BCUT2D eigenvalue weighted by atomic mass is 79.9. The molecule has 0 bridgehead atoms. The largest absolute Gasteiger partial charge is 0.279 e. The van der Waals surface area contributed by atoms with E-state index in [4.69, 9.17) is 0 Å². The van der Waals surface area contributed by atoms with Crippen molar-refractivity contribution in [3.63, 3.8) is 0 Å². The number of hydrogen-bond acceptors (Lipinski definition) is 2. The van der Waals surface area contributed by atoms with Gasteiger partial charge in [-0.05, 0) is 12.8 Å². The summed E-state index contributed by atoms with van der Waals surface area (Å²) in [5.74, 6) is 0.417. The van der Waals surface area contributed by atoms with Crippen LogP contribution < -0.4 is 0 Å². The Balaban J connectivity index is 0.000000245. The monoisotopic (exact) mass is 360 g/mol. The Morgan fingerprint density at radius 3 is 1.27 bits per heavy atom. The van der Waals surface area contributed by atoms with E-state index >= 15 is 0 Å². The fourth-order valence-corrected chi connectivity index (χ4v) is 2.09. The number of carbonyl (C=O) groups is 2. The van der Waals surface area contributed by atoms with Crippen LogP contribution in [-0.4, -0.2) is 32.8 Å². The quantitative estimate of drug-likeness (QED) is 0.619. The lowest BCUT2D eigenvalue weighted by molar-refractivity contribution is -0.123. The number of amides is 2. The molecule has 0 aromatic heterocycles. The van der Waals surface area contributed by atoms with E-state index in [0.29, 0.717) is 12.8 Å². The van der Waals surface area contributed by atoms with Crippen molar-refractivity contribution < 1.29 is 9.59 Å². The van der Waals surface area contributed by atoms with E-state index in [-0.39, 0.29) is 25.3 Å². The molecule has 2 aliphatic rings. The van der Waals surface area contributed by atoms with Gasteiger partial charge in [-0.1, -0.05) is 0 Å². The molecule has 0 N–H and O–H groups in total. The second-order valence-corrected chi connectivity index (χ2v) is 4.88. The second kappa shape index (κ2) is 7.51. The first-order chi connectivity index (χ1) is 6.61. The SMILES string of the molecule is O=C1CCCN1Br.O=C1CCCN1Br.S. The molecule has 2 rings (SSSR count). The fourth-order valence-electron chi connectivity index (χ4n) is 1.23. The van der Waals surface area contributed by atoms with Crippen molar-refractivity contribution in [2.45, 2.75) is 25.7 Å². The fraction of sp³-hybridized carbons (Fsp3) is 0.750. The summed E-state index contributed by atoms with van der Waals surface area (Å²) in [6, 6.07) is 0. The Morgan fingerprint density at radius 2 is 1.20 bits per heavy atom. The molecule has 2 fully saturated rings. The van der Waals surface area contributed by atoms with E-state index < -0.39 is 0 Å². The summed E-state index contributed by atoms with van der Waals surface area (Å²) < 4.78 is 3.15. The average Bonchev–Trinajstić information content (AvgIpc) is 2.67. The lowest BCUT2D eigenvalue weighted by Crippen LogP contribution is -2.10. The predicted octanol–water partition coefficient (Wildman–Crippen LogP) is 1.95. The van der Waals surface area contributed by atoms with Crippen LogP contribution in [-0.2, 0) is 9.59 Å². The summed E-state index contributed by atoms with van der Waals surface area (Å²) in [7, 11) is 0. The third-order valence-electron chi connectivity index (χ3n) is 2.03. The summed E-state index contributed by atoms with van der Waals surface area (Å²) in [5, 5.41) is 0. The number of hydrogen-bond donors (Lipinski definition) is 0. The molecular weight excluding hydrogens is 348 g/mol. The Bertz CT molecular complexity index is 217. The van der Waals surface area contributed by atoms with Gasteiger partial charge in [-0.2, -0.15) is 13.5 Å². The zero-order valence-corrected chi connectivity index (χ0v) is 12.4. The molecule has 0 atom stereocenters. The lowest BCUT2D eigenvalue weighted by Gasteiger charge is -1.99. The number of nitrogens with zero attached hydrogens (tertiary/aromatic N) is 2. The summed E-state index contributed by atoms with van der Waals surface area (Å²) >= 11 is 6.17. The van der Waals surface area contributed by atoms with E-state index in [1.54, 1.807) is 7.85 Å². The molecule has 15 heavy (non-hydrogen) atoms. The molecule has 0 aromatic rings. The number of halogens is 2. The smallest absolute Gasteiger partial charge is 0.232 e. The molecule has 2 amide bonds. The van der Waals surface area contributed by atoms with Gasteiger partial charge in [-0.25, -0.2) is 0 Å². The van der Waals surface area contributed by atoms with Gasteiger partial charge in [0.25, 0.3) is 0 Å². The summed E-state index contributed by atoms with van der Waals surface area (Å²) in [5.41, 5.74) is 0. The van der Waals surface area contributed by atoms with Crippen molar-refractivity contribution in [3.05, 3.63) is 0 Å². The van der Waals surface area contributed by atoms with Crippen LogP contribution in [0.2, 0.25) is 0 Å². The van der Waals surface area contributed by atoms with Crippen LogP contribution in [0, 0.1) is 0 Å². The first kappa shape index (κ1) is 15.2. The minimum atomic E-state index is 0.